The minimum atomic E-state index is -4.26. The summed E-state index contributed by atoms with van der Waals surface area (Å²) in [5.41, 5.74) is 0. The predicted octanol–water partition coefficient (Wildman–Crippen LogP) is -0.0182. The fourth-order valence-electron chi connectivity index (χ4n) is 1.08. The maximum atomic E-state index is 11.7. The number of carboxylic acids is 1. The molecule has 0 radical (unpaired) electrons. The molecule has 0 aliphatic heterocycles. The molecule has 0 bridgehead atoms. The van der Waals surface area contributed by atoms with Crippen LogP contribution in [0.3, 0.4) is 0 Å². The highest BCUT2D eigenvalue weighted by molar-refractivity contribution is 8.19. The van der Waals surface area contributed by atoms with Gasteiger partial charge < -0.3 is 5.11 Å². The van der Waals surface area contributed by atoms with Gasteiger partial charge in [-0.25, -0.2) is 16.8 Å². The first kappa shape index (κ1) is 16.5. The van der Waals surface area contributed by atoms with Crippen molar-refractivity contribution >= 4 is 42.9 Å². The average molecular weight is 302 g/mol. The molecule has 0 heterocycles. The molecule has 0 fully saturated rings. The van der Waals surface area contributed by atoms with Gasteiger partial charge in [0.25, 0.3) is 0 Å². The van der Waals surface area contributed by atoms with Crippen molar-refractivity contribution in [1.82, 2.24) is 0 Å². The van der Waals surface area contributed by atoms with Gasteiger partial charge in [-0.15, -0.1) is 0 Å². The zero-order chi connectivity index (χ0) is 13.8. The second kappa shape index (κ2) is 6.41. The Kier molecular flexibility index (Phi) is 6.20. The van der Waals surface area contributed by atoms with Crippen molar-refractivity contribution < 1.29 is 26.7 Å². The molecule has 0 saturated heterocycles. The maximum absolute atomic E-state index is 11.7. The standard InChI is InChI=1S/C8H14O6S3/c1-3-4-6(16(11)12)8(15)17(13,14)5(2)7(9)10/h5-6,16H,3-4H2,1-2H3,(H,9,10). The highest BCUT2D eigenvalue weighted by Gasteiger charge is 2.36. The minimum absolute atomic E-state index is 0.0725. The van der Waals surface area contributed by atoms with Gasteiger partial charge in [0.2, 0.25) is 0 Å². The predicted molar refractivity (Wildman–Crippen MR) is 67.6 cm³/mol. The van der Waals surface area contributed by atoms with Crippen LogP contribution >= 0.6 is 12.2 Å². The van der Waals surface area contributed by atoms with Crippen molar-refractivity contribution in [3.8, 4) is 0 Å². The number of aliphatic carboxylic acids is 1. The Labute approximate surface area is 107 Å². The van der Waals surface area contributed by atoms with E-state index in [-0.39, 0.29) is 6.42 Å². The number of sulfone groups is 1. The normalized spacial score (nSPS) is 15.5. The summed E-state index contributed by atoms with van der Waals surface area (Å²) in [4.78, 5) is 10.6. The Morgan fingerprint density at radius 3 is 2.18 bits per heavy atom. The van der Waals surface area contributed by atoms with Crippen molar-refractivity contribution in [3.05, 3.63) is 0 Å². The van der Waals surface area contributed by atoms with Crippen LogP contribution in [0.15, 0.2) is 0 Å². The number of thiol groups is 1. The molecule has 0 aliphatic carbocycles. The Morgan fingerprint density at radius 1 is 1.41 bits per heavy atom. The Bertz CT molecular complexity index is 467. The lowest BCUT2D eigenvalue weighted by Crippen LogP contribution is -2.38. The lowest BCUT2D eigenvalue weighted by Gasteiger charge is -2.14. The van der Waals surface area contributed by atoms with Gasteiger partial charge in [-0.05, 0) is 13.3 Å². The first-order chi connectivity index (χ1) is 7.66. The summed E-state index contributed by atoms with van der Waals surface area (Å²) in [6.07, 6.45) is 0.508. The van der Waals surface area contributed by atoms with E-state index in [9.17, 15) is 21.6 Å². The summed E-state index contributed by atoms with van der Waals surface area (Å²) in [6.45, 7) is 2.65. The molecule has 0 saturated carbocycles. The zero-order valence-corrected chi connectivity index (χ0v) is 11.8. The van der Waals surface area contributed by atoms with Gasteiger partial charge >= 0.3 is 5.97 Å². The van der Waals surface area contributed by atoms with Gasteiger partial charge in [0.15, 0.2) is 15.1 Å². The van der Waals surface area contributed by atoms with Crippen LogP contribution in [0.2, 0.25) is 0 Å². The van der Waals surface area contributed by atoms with Crippen LogP contribution in [-0.4, -0.2) is 42.6 Å². The highest BCUT2D eigenvalue weighted by Crippen LogP contribution is 2.14. The lowest BCUT2D eigenvalue weighted by atomic mass is 10.3. The number of rotatable bonds is 6. The zero-order valence-electron chi connectivity index (χ0n) is 9.32. The van der Waals surface area contributed by atoms with Gasteiger partial charge in [-0.2, -0.15) is 0 Å². The largest absolute Gasteiger partial charge is 0.480 e. The molecule has 0 aromatic carbocycles. The summed E-state index contributed by atoms with van der Waals surface area (Å²) in [5, 5.41) is 5.60. The Morgan fingerprint density at radius 2 is 1.88 bits per heavy atom. The second-order valence-electron chi connectivity index (χ2n) is 3.43. The lowest BCUT2D eigenvalue weighted by molar-refractivity contribution is -0.136. The summed E-state index contributed by atoms with van der Waals surface area (Å²) in [7, 11) is -7.29. The van der Waals surface area contributed by atoms with E-state index in [1.807, 2.05) is 0 Å². The fourth-order valence-corrected chi connectivity index (χ4v) is 4.34. The summed E-state index contributed by atoms with van der Waals surface area (Å²) < 4.78 is 44.5. The van der Waals surface area contributed by atoms with E-state index in [0.717, 1.165) is 6.92 Å². The molecule has 6 nitrogen and oxygen atoms in total. The van der Waals surface area contributed by atoms with Crippen LogP contribution in [0.1, 0.15) is 26.7 Å². The van der Waals surface area contributed by atoms with Crippen LogP contribution in [0, 0.1) is 0 Å². The second-order valence-corrected chi connectivity index (χ2v) is 7.56. The van der Waals surface area contributed by atoms with E-state index in [1.165, 1.54) is 0 Å². The van der Waals surface area contributed by atoms with Crippen molar-refractivity contribution in [3.63, 3.8) is 0 Å². The van der Waals surface area contributed by atoms with Crippen molar-refractivity contribution in [2.75, 3.05) is 0 Å². The highest BCUT2D eigenvalue weighted by atomic mass is 32.2. The van der Waals surface area contributed by atoms with Gasteiger partial charge in [-0.3, -0.25) is 4.79 Å². The van der Waals surface area contributed by atoms with Crippen LogP contribution in [0.5, 0.6) is 0 Å². The fraction of sp³-hybridized carbons (Fsp3) is 0.750. The first-order valence-electron chi connectivity index (χ1n) is 4.80. The molecular weight excluding hydrogens is 288 g/mol. The number of thiocarbonyl (C=S) groups is 1. The van der Waals surface area contributed by atoms with E-state index in [4.69, 9.17) is 5.11 Å². The molecular formula is C8H14O6S3. The SMILES string of the molecule is CCCC(C(=S)S(=O)(=O)C(C)C(=O)O)[SH](=O)=O. The van der Waals surface area contributed by atoms with Crippen LogP contribution in [0.25, 0.3) is 0 Å². The van der Waals surface area contributed by atoms with Gasteiger partial charge in [0.05, 0.1) is 0 Å². The first-order valence-corrected chi connectivity index (χ1v) is 8.00. The average Bonchev–Trinajstić information content (AvgIpc) is 2.23. The molecule has 100 valence electrons. The van der Waals surface area contributed by atoms with Gasteiger partial charge in [0, 0.05) is 0 Å². The maximum Gasteiger partial charge on any atom is 0.322 e. The van der Waals surface area contributed by atoms with Crippen molar-refractivity contribution in [1.29, 1.82) is 0 Å². The Balaban J connectivity index is 5.34. The molecule has 2 atom stereocenters. The molecule has 0 amide bonds. The van der Waals surface area contributed by atoms with Crippen molar-refractivity contribution in [2.45, 2.75) is 37.2 Å². The smallest absolute Gasteiger partial charge is 0.322 e. The third-order valence-electron chi connectivity index (χ3n) is 2.18. The summed E-state index contributed by atoms with van der Waals surface area (Å²) >= 11 is 4.61. The number of carbonyl (C=O) groups is 1. The van der Waals surface area contributed by atoms with E-state index >= 15 is 0 Å². The van der Waals surface area contributed by atoms with Crippen LogP contribution in [-0.2, 0) is 25.3 Å². The molecule has 0 aliphatic rings. The number of carboxylic acid groups (broad SMARTS) is 1. The third-order valence-corrected chi connectivity index (χ3v) is 6.52. The molecule has 0 rings (SSSR count). The molecule has 2 unspecified atom stereocenters. The number of hydrogen-bond donors (Lipinski definition) is 2. The summed E-state index contributed by atoms with van der Waals surface area (Å²) in [5.74, 6) is -1.55. The van der Waals surface area contributed by atoms with E-state index in [0.29, 0.717) is 6.42 Å². The number of hydrogen-bond acceptors (Lipinski definition) is 6. The van der Waals surface area contributed by atoms with Gasteiger partial charge in [-0.1, -0.05) is 25.6 Å². The minimum Gasteiger partial charge on any atom is -0.480 e. The Hall–Kier alpha value is -0.540. The monoisotopic (exact) mass is 302 g/mol. The topological polar surface area (TPSA) is 106 Å². The third kappa shape index (κ3) is 4.00. The van der Waals surface area contributed by atoms with E-state index in [1.54, 1.807) is 6.92 Å². The quantitative estimate of drug-likeness (QED) is 0.524. The summed E-state index contributed by atoms with van der Waals surface area (Å²) in [6, 6.07) is 0. The van der Waals surface area contributed by atoms with Gasteiger partial charge in [0.1, 0.15) is 20.2 Å². The van der Waals surface area contributed by atoms with Crippen molar-refractivity contribution in [2.24, 2.45) is 0 Å². The molecule has 0 aromatic heterocycles. The molecule has 1 N–H and O–H groups in total. The molecule has 0 aromatic rings. The van der Waals surface area contributed by atoms with E-state index < -0.39 is 41.2 Å². The molecule has 0 spiro atoms. The molecule has 17 heavy (non-hydrogen) atoms. The van der Waals surface area contributed by atoms with E-state index in [2.05, 4.69) is 12.2 Å². The van der Waals surface area contributed by atoms with Crippen LogP contribution < -0.4 is 0 Å². The molecule has 9 heteroatoms. The van der Waals surface area contributed by atoms with Crippen LogP contribution in [0.4, 0.5) is 0 Å².